The number of hydrogen-bond donors (Lipinski definition) is 2. The molecule has 21 heavy (non-hydrogen) atoms. The van der Waals surface area contributed by atoms with E-state index in [0.717, 1.165) is 5.69 Å². The normalized spacial score (nSPS) is 10.4. The van der Waals surface area contributed by atoms with E-state index >= 15 is 0 Å². The second-order valence-electron chi connectivity index (χ2n) is 4.35. The van der Waals surface area contributed by atoms with Crippen molar-refractivity contribution in [2.24, 2.45) is 7.05 Å². The van der Waals surface area contributed by atoms with Crippen LogP contribution in [0.3, 0.4) is 0 Å². The highest BCUT2D eigenvalue weighted by molar-refractivity contribution is 5.74. The molecule has 0 radical (unpaired) electrons. The summed E-state index contributed by atoms with van der Waals surface area (Å²) in [6, 6.07) is 0. The predicted octanol–water partition coefficient (Wildman–Crippen LogP) is 1.86. The Hall–Kier alpha value is -2.71. The molecule has 112 valence electrons. The third-order valence-electron chi connectivity index (χ3n) is 2.84. The highest BCUT2D eigenvalue weighted by atomic mass is 16.6. The molecular weight excluding hydrogens is 274 g/mol. The van der Waals surface area contributed by atoms with Gasteiger partial charge < -0.3 is 10.6 Å². The molecule has 9 nitrogen and oxygen atoms in total. The molecule has 0 bridgehead atoms. The van der Waals surface area contributed by atoms with E-state index in [9.17, 15) is 10.1 Å². The van der Waals surface area contributed by atoms with Gasteiger partial charge in [-0.15, -0.1) is 0 Å². The maximum absolute atomic E-state index is 11.3. The summed E-state index contributed by atoms with van der Waals surface area (Å²) < 4.78 is 1.65. The van der Waals surface area contributed by atoms with Crippen molar-refractivity contribution in [3.05, 3.63) is 28.3 Å². The molecule has 0 aromatic carbocycles. The summed E-state index contributed by atoms with van der Waals surface area (Å²) in [6.45, 7) is 4.34. The van der Waals surface area contributed by atoms with Crippen molar-refractivity contribution >= 4 is 23.0 Å². The number of aromatic nitrogens is 4. The molecule has 0 spiro atoms. The summed E-state index contributed by atoms with van der Waals surface area (Å²) in [6.07, 6.45) is 3.76. The number of nitrogens with one attached hydrogen (secondary N) is 2. The van der Waals surface area contributed by atoms with Gasteiger partial charge in [0.15, 0.2) is 0 Å². The topological polar surface area (TPSA) is 111 Å². The molecule has 0 unspecified atom stereocenters. The Morgan fingerprint density at radius 3 is 2.67 bits per heavy atom. The maximum atomic E-state index is 11.3. The van der Waals surface area contributed by atoms with Crippen molar-refractivity contribution in [2.75, 3.05) is 17.2 Å². The lowest BCUT2D eigenvalue weighted by Crippen LogP contribution is -2.08. The number of aryl methyl sites for hydroxylation is 2. The lowest BCUT2D eigenvalue weighted by atomic mass is 10.3. The largest absolute Gasteiger partial charge is 0.364 e. The minimum atomic E-state index is -0.498. The van der Waals surface area contributed by atoms with E-state index in [1.54, 1.807) is 17.9 Å². The lowest BCUT2D eigenvalue weighted by Gasteiger charge is -2.08. The number of nitrogens with zero attached hydrogens (tertiary/aromatic N) is 5. The van der Waals surface area contributed by atoms with Gasteiger partial charge in [-0.2, -0.15) is 5.10 Å². The highest BCUT2D eigenvalue weighted by Gasteiger charge is 2.23. The number of nitro groups is 1. The molecule has 2 N–H and O–H groups in total. The first kappa shape index (κ1) is 14.7. The molecular formula is C12H17N7O2. The fraction of sp³-hybridized carbons (Fsp3) is 0.417. The van der Waals surface area contributed by atoms with Crippen LogP contribution in [0.5, 0.6) is 0 Å². The predicted molar refractivity (Wildman–Crippen MR) is 78.7 cm³/mol. The van der Waals surface area contributed by atoms with Crippen LogP contribution in [0.1, 0.15) is 19.5 Å². The minimum absolute atomic E-state index is 0.147. The van der Waals surface area contributed by atoms with E-state index in [2.05, 4.69) is 25.7 Å². The third kappa shape index (κ3) is 3.07. The number of hydrogen-bond acceptors (Lipinski definition) is 7. The Balaban J connectivity index is 2.43. The van der Waals surface area contributed by atoms with Crippen LogP contribution in [0.4, 0.5) is 23.0 Å². The molecule has 0 aliphatic carbocycles. The van der Waals surface area contributed by atoms with Crippen LogP contribution in [0, 0.1) is 10.1 Å². The Kier molecular flexibility index (Phi) is 4.31. The molecule has 2 heterocycles. The molecule has 0 atom stereocenters. The number of rotatable bonds is 6. The van der Waals surface area contributed by atoms with Crippen molar-refractivity contribution < 1.29 is 4.92 Å². The first-order valence-electron chi connectivity index (χ1n) is 6.59. The first-order valence-corrected chi connectivity index (χ1v) is 6.59. The molecule has 0 fully saturated rings. The smallest absolute Gasteiger partial charge is 0.353 e. The second kappa shape index (κ2) is 6.16. The van der Waals surface area contributed by atoms with Crippen LogP contribution >= 0.6 is 0 Å². The Labute approximate surface area is 121 Å². The zero-order chi connectivity index (χ0) is 15.4. The summed E-state index contributed by atoms with van der Waals surface area (Å²) in [5.74, 6) is 0.343. The zero-order valence-electron chi connectivity index (χ0n) is 12.1. The van der Waals surface area contributed by atoms with Gasteiger partial charge in [0, 0.05) is 19.8 Å². The fourth-order valence-electron chi connectivity index (χ4n) is 1.97. The van der Waals surface area contributed by atoms with Gasteiger partial charge in [-0.3, -0.25) is 14.8 Å². The monoisotopic (exact) mass is 291 g/mol. The average Bonchev–Trinajstić information content (AvgIpc) is 2.79. The van der Waals surface area contributed by atoms with Crippen LogP contribution in [0.2, 0.25) is 0 Å². The van der Waals surface area contributed by atoms with E-state index in [-0.39, 0.29) is 17.3 Å². The fourth-order valence-corrected chi connectivity index (χ4v) is 1.97. The minimum Gasteiger partial charge on any atom is -0.364 e. The molecule has 9 heteroatoms. The van der Waals surface area contributed by atoms with Crippen molar-refractivity contribution in [2.45, 2.75) is 20.3 Å². The van der Waals surface area contributed by atoms with E-state index in [1.165, 1.54) is 6.33 Å². The summed E-state index contributed by atoms with van der Waals surface area (Å²) in [7, 11) is 1.79. The maximum Gasteiger partial charge on any atom is 0.353 e. The molecule has 0 saturated heterocycles. The van der Waals surface area contributed by atoms with Crippen LogP contribution in [0.25, 0.3) is 0 Å². The Morgan fingerprint density at radius 2 is 2.05 bits per heavy atom. The van der Waals surface area contributed by atoms with E-state index in [1.807, 2.05) is 13.8 Å². The second-order valence-corrected chi connectivity index (χ2v) is 4.35. The molecule has 0 aliphatic rings. The summed E-state index contributed by atoms with van der Waals surface area (Å²) in [5.41, 5.74) is 1.34. The van der Waals surface area contributed by atoms with Gasteiger partial charge in [0.2, 0.25) is 11.6 Å². The lowest BCUT2D eigenvalue weighted by molar-refractivity contribution is -0.383. The van der Waals surface area contributed by atoms with Crippen LogP contribution in [0.15, 0.2) is 12.5 Å². The van der Waals surface area contributed by atoms with Crippen LogP contribution in [-0.4, -0.2) is 31.2 Å². The average molecular weight is 291 g/mol. The van der Waals surface area contributed by atoms with E-state index in [0.29, 0.717) is 18.7 Å². The zero-order valence-corrected chi connectivity index (χ0v) is 12.1. The van der Waals surface area contributed by atoms with Crippen molar-refractivity contribution in [1.82, 2.24) is 19.7 Å². The van der Waals surface area contributed by atoms with Crippen molar-refractivity contribution in [1.29, 1.82) is 0 Å². The van der Waals surface area contributed by atoms with Gasteiger partial charge in [0.25, 0.3) is 0 Å². The van der Waals surface area contributed by atoms with Gasteiger partial charge in [-0.1, -0.05) is 6.92 Å². The van der Waals surface area contributed by atoms with Gasteiger partial charge in [0.1, 0.15) is 6.33 Å². The molecule has 2 aromatic heterocycles. The third-order valence-corrected chi connectivity index (χ3v) is 2.84. The highest BCUT2D eigenvalue weighted by Crippen LogP contribution is 2.31. The van der Waals surface area contributed by atoms with Gasteiger partial charge >= 0.3 is 5.69 Å². The van der Waals surface area contributed by atoms with Gasteiger partial charge in [0.05, 0.1) is 16.3 Å². The van der Waals surface area contributed by atoms with Gasteiger partial charge in [-0.05, 0) is 13.3 Å². The summed E-state index contributed by atoms with van der Waals surface area (Å²) >= 11 is 0. The molecule has 2 aromatic rings. The van der Waals surface area contributed by atoms with E-state index in [4.69, 9.17) is 0 Å². The quantitative estimate of drug-likeness (QED) is 0.617. The van der Waals surface area contributed by atoms with Crippen LogP contribution in [-0.2, 0) is 13.5 Å². The first-order chi connectivity index (χ1) is 10.1. The number of anilines is 3. The summed E-state index contributed by atoms with van der Waals surface area (Å²) in [4.78, 5) is 18.7. The van der Waals surface area contributed by atoms with Crippen LogP contribution < -0.4 is 10.6 Å². The molecule has 2 rings (SSSR count). The van der Waals surface area contributed by atoms with Crippen molar-refractivity contribution in [3.8, 4) is 0 Å². The van der Waals surface area contributed by atoms with Crippen molar-refractivity contribution in [3.63, 3.8) is 0 Å². The molecule has 0 saturated carbocycles. The Bertz CT molecular complexity index is 653. The molecule has 0 amide bonds. The summed E-state index contributed by atoms with van der Waals surface area (Å²) in [5, 5.41) is 21.4. The van der Waals surface area contributed by atoms with Gasteiger partial charge in [-0.25, -0.2) is 9.97 Å². The molecule has 0 aliphatic heterocycles. The SMILES string of the molecule is CCNc1ncnc(Nc2cn(C)nc2CC)c1[N+](=O)[O-]. The standard InChI is InChI=1S/C12H17N7O2/c1-4-8-9(6-18(3)17-8)16-12-10(19(20)21)11(13-5-2)14-7-15-12/h6-7H,4-5H2,1-3H3,(H2,13,14,15,16). The Morgan fingerprint density at radius 1 is 1.33 bits per heavy atom. The van der Waals surface area contributed by atoms with E-state index < -0.39 is 4.92 Å².